The predicted molar refractivity (Wildman–Crippen MR) is 123 cm³/mol. The molecular formula is C21H21IN6O3. The van der Waals surface area contributed by atoms with Crippen LogP contribution in [0.15, 0.2) is 42.7 Å². The molecular weight excluding hydrogens is 511 g/mol. The molecule has 0 spiro atoms. The maximum absolute atomic E-state index is 12.5. The summed E-state index contributed by atoms with van der Waals surface area (Å²) in [7, 11) is 1.93. The van der Waals surface area contributed by atoms with Crippen LogP contribution in [0, 0.1) is 10.5 Å². The van der Waals surface area contributed by atoms with Gasteiger partial charge in [0.15, 0.2) is 5.65 Å². The minimum atomic E-state index is -0.810. The average Bonchev–Trinajstić information content (AvgIpc) is 3.30. The number of aliphatic hydroxyl groups is 1. The number of aromatic nitrogens is 5. The van der Waals surface area contributed by atoms with Crippen molar-refractivity contribution >= 4 is 34.3 Å². The Labute approximate surface area is 192 Å². The molecule has 0 saturated heterocycles. The van der Waals surface area contributed by atoms with Gasteiger partial charge in [0.25, 0.3) is 0 Å². The average molecular weight is 532 g/mol. The van der Waals surface area contributed by atoms with Crippen molar-refractivity contribution in [1.29, 1.82) is 0 Å². The van der Waals surface area contributed by atoms with E-state index in [4.69, 9.17) is 4.74 Å². The summed E-state index contributed by atoms with van der Waals surface area (Å²) >= 11 is 2.13. The van der Waals surface area contributed by atoms with Crippen molar-refractivity contribution in [3.05, 3.63) is 63.2 Å². The zero-order valence-electron chi connectivity index (χ0n) is 17.2. The van der Waals surface area contributed by atoms with E-state index in [-0.39, 0.29) is 12.4 Å². The largest absolute Gasteiger partial charge is 0.414 e. The zero-order chi connectivity index (χ0) is 22.1. The minimum absolute atomic E-state index is 0.186. The lowest BCUT2D eigenvalue weighted by Gasteiger charge is -2.11. The number of aliphatic hydroxyl groups excluding tert-OH is 1. The number of carbonyl (C=O) groups excluding carboxylic acids is 1. The molecule has 0 bridgehead atoms. The van der Waals surface area contributed by atoms with Gasteiger partial charge < -0.3 is 19.7 Å². The highest BCUT2D eigenvalue weighted by molar-refractivity contribution is 14.1. The topological polar surface area (TPSA) is 107 Å². The number of fused-ring (bicyclic) bond motifs is 1. The van der Waals surface area contributed by atoms with Crippen LogP contribution < -0.4 is 10.1 Å². The van der Waals surface area contributed by atoms with E-state index in [2.05, 4.69) is 43.0 Å². The first-order chi connectivity index (χ1) is 14.8. The Bertz CT molecular complexity index is 1260. The van der Waals surface area contributed by atoms with E-state index in [1.807, 2.05) is 49.0 Å². The van der Waals surface area contributed by atoms with Gasteiger partial charge in [-0.2, -0.15) is 9.61 Å². The second-order valence-corrected chi connectivity index (χ2v) is 8.21. The number of aryl methyl sites for hydroxylation is 2. The molecule has 0 fully saturated rings. The number of hydrogen-bond donors (Lipinski definition) is 2. The third kappa shape index (κ3) is 4.39. The lowest BCUT2D eigenvalue weighted by Crippen LogP contribution is -2.27. The van der Waals surface area contributed by atoms with E-state index in [0.717, 1.165) is 26.2 Å². The highest BCUT2D eigenvalue weighted by atomic mass is 127. The van der Waals surface area contributed by atoms with Crippen molar-refractivity contribution in [2.24, 2.45) is 7.05 Å². The fourth-order valence-electron chi connectivity index (χ4n) is 3.14. The predicted octanol–water partition coefficient (Wildman–Crippen LogP) is 3.38. The summed E-state index contributed by atoms with van der Waals surface area (Å²) < 4.78 is 9.74. The van der Waals surface area contributed by atoms with Crippen LogP contribution in [0.3, 0.4) is 0 Å². The summed E-state index contributed by atoms with van der Waals surface area (Å²) in [6.45, 7) is 3.73. The Morgan fingerprint density at radius 3 is 2.87 bits per heavy atom. The van der Waals surface area contributed by atoms with Gasteiger partial charge in [-0.3, -0.25) is 0 Å². The van der Waals surface area contributed by atoms with Crippen LogP contribution in [0.2, 0.25) is 0 Å². The first-order valence-corrected chi connectivity index (χ1v) is 10.7. The molecule has 0 aliphatic carbocycles. The number of rotatable bonds is 5. The molecule has 1 unspecified atom stereocenters. The first kappa shape index (κ1) is 21.2. The summed E-state index contributed by atoms with van der Waals surface area (Å²) in [5.74, 6) is 1.03. The number of benzene rings is 1. The van der Waals surface area contributed by atoms with Gasteiger partial charge in [-0.15, -0.1) is 0 Å². The summed E-state index contributed by atoms with van der Waals surface area (Å²) in [6, 6.07) is 9.29. The molecule has 31 heavy (non-hydrogen) atoms. The molecule has 3 aromatic heterocycles. The highest BCUT2D eigenvalue weighted by Crippen LogP contribution is 2.24. The Hall–Kier alpha value is -2.99. The summed E-state index contributed by atoms with van der Waals surface area (Å²) in [6.07, 6.45) is 2.18. The summed E-state index contributed by atoms with van der Waals surface area (Å²) in [5.41, 5.74) is 3.55. The third-order valence-corrected chi connectivity index (χ3v) is 6.01. The van der Waals surface area contributed by atoms with Crippen LogP contribution in [-0.2, 0) is 13.6 Å². The van der Waals surface area contributed by atoms with Gasteiger partial charge >= 0.3 is 6.09 Å². The van der Waals surface area contributed by atoms with Crippen molar-refractivity contribution < 1.29 is 14.6 Å². The van der Waals surface area contributed by atoms with Gasteiger partial charge in [0.05, 0.1) is 21.1 Å². The third-order valence-electron chi connectivity index (χ3n) is 4.75. The molecule has 160 valence electrons. The lowest BCUT2D eigenvalue weighted by molar-refractivity contribution is 0.189. The van der Waals surface area contributed by atoms with Gasteiger partial charge in [-0.1, -0.05) is 18.2 Å². The molecule has 0 aliphatic heterocycles. The van der Waals surface area contributed by atoms with E-state index >= 15 is 0 Å². The van der Waals surface area contributed by atoms with Crippen molar-refractivity contribution in [2.75, 3.05) is 0 Å². The van der Waals surface area contributed by atoms with Crippen LogP contribution >= 0.6 is 22.6 Å². The molecule has 1 amide bonds. The van der Waals surface area contributed by atoms with E-state index in [1.165, 1.54) is 10.6 Å². The van der Waals surface area contributed by atoms with Crippen LogP contribution in [0.1, 0.15) is 30.0 Å². The van der Waals surface area contributed by atoms with Crippen LogP contribution in [0.25, 0.3) is 17.0 Å². The number of hydrogen-bond acceptors (Lipinski definition) is 6. The van der Waals surface area contributed by atoms with Gasteiger partial charge in [0.1, 0.15) is 5.82 Å². The molecule has 10 heteroatoms. The van der Waals surface area contributed by atoms with Gasteiger partial charge in [-0.05, 0) is 48.1 Å². The Morgan fingerprint density at radius 2 is 2.16 bits per heavy atom. The Kier molecular flexibility index (Phi) is 5.92. The van der Waals surface area contributed by atoms with E-state index in [9.17, 15) is 9.90 Å². The van der Waals surface area contributed by atoms with Crippen molar-refractivity contribution in [2.45, 2.75) is 26.5 Å². The van der Waals surface area contributed by atoms with E-state index < -0.39 is 12.2 Å². The van der Waals surface area contributed by atoms with Crippen molar-refractivity contribution in [3.63, 3.8) is 0 Å². The number of ether oxygens (including phenoxy) is 1. The minimum Gasteiger partial charge on any atom is -0.391 e. The second kappa shape index (κ2) is 8.63. The lowest BCUT2D eigenvalue weighted by atomic mass is 10.1. The maximum atomic E-state index is 12.5. The van der Waals surface area contributed by atoms with Crippen molar-refractivity contribution in [3.8, 4) is 17.3 Å². The Morgan fingerprint density at radius 1 is 1.35 bits per heavy atom. The summed E-state index contributed by atoms with van der Waals surface area (Å²) in [4.78, 5) is 21.3. The second-order valence-electron chi connectivity index (χ2n) is 7.14. The molecule has 1 atom stereocenters. The quantitative estimate of drug-likeness (QED) is 0.382. The van der Waals surface area contributed by atoms with Gasteiger partial charge in [-0.25, -0.2) is 14.8 Å². The molecule has 4 rings (SSSR count). The molecule has 9 nitrogen and oxygen atoms in total. The number of nitrogens with one attached hydrogen (secondary N) is 1. The fourth-order valence-corrected chi connectivity index (χ4v) is 3.60. The molecule has 0 radical (unpaired) electrons. The molecule has 0 saturated carbocycles. The molecule has 1 aromatic carbocycles. The van der Waals surface area contributed by atoms with E-state index in [1.54, 1.807) is 13.1 Å². The monoisotopic (exact) mass is 532 g/mol. The molecule has 2 N–H and O–H groups in total. The number of nitrogens with zero attached hydrogens (tertiary/aromatic N) is 5. The maximum Gasteiger partial charge on any atom is 0.414 e. The van der Waals surface area contributed by atoms with Crippen LogP contribution in [-0.4, -0.2) is 35.3 Å². The van der Waals surface area contributed by atoms with Gasteiger partial charge in [0, 0.05) is 37.6 Å². The van der Waals surface area contributed by atoms with Gasteiger partial charge in [0.2, 0.25) is 5.88 Å². The molecule has 4 aromatic rings. The highest BCUT2D eigenvalue weighted by Gasteiger charge is 2.18. The standard InChI is InChI=1S/C21H21IN6O3/c1-12-18(22)20-25-16(13(2)29)10-17(28(20)26-12)31-21(30)24-11-14-5-4-6-15(9-14)19-23-7-8-27(19)3/h4-10,13,29H,11H2,1-3H3,(H,24,30). The van der Waals surface area contributed by atoms with Crippen molar-refractivity contribution in [1.82, 2.24) is 29.5 Å². The van der Waals surface area contributed by atoms with Crippen LogP contribution in [0.4, 0.5) is 4.79 Å². The number of imidazole rings is 1. The Balaban J connectivity index is 1.52. The molecule has 0 aliphatic rings. The number of amides is 1. The zero-order valence-corrected chi connectivity index (χ0v) is 19.4. The fraction of sp³-hybridized carbons (Fsp3) is 0.238. The normalized spacial score (nSPS) is 12.2. The first-order valence-electron chi connectivity index (χ1n) is 9.59. The smallest absolute Gasteiger partial charge is 0.391 e. The van der Waals surface area contributed by atoms with E-state index in [0.29, 0.717) is 11.3 Å². The number of carbonyl (C=O) groups is 1. The summed E-state index contributed by atoms with van der Waals surface area (Å²) in [5, 5.41) is 17.1. The number of halogens is 1. The SMILES string of the molecule is Cc1nn2c(OC(=O)NCc3cccc(-c4nccn4C)c3)cc(C(C)O)nc2c1I. The van der Waals surface area contributed by atoms with Crippen LogP contribution in [0.5, 0.6) is 5.88 Å². The molecule has 3 heterocycles.